The number of nitrogens with zero attached hydrogens (tertiary/aromatic N) is 3. The Morgan fingerprint density at radius 2 is 2.11 bits per heavy atom. The first-order chi connectivity index (χ1) is 8.74. The number of fused-ring (bicyclic) bond motifs is 1. The molecule has 3 aromatic rings. The molecule has 3 rings (SSSR count). The number of benzene rings is 1. The molecule has 0 aliphatic carbocycles. The molecule has 18 heavy (non-hydrogen) atoms. The summed E-state index contributed by atoms with van der Waals surface area (Å²) in [5.74, 6) is 0.844. The highest BCUT2D eigenvalue weighted by Crippen LogP contribution is 2.28. The maximum absolute atomic E-state index is 4.41. The van der Waals surface area contributed by atoms with Crippen LogP contribution in [0.3, 0.4) is 0 Å². The van der Waals surface area contributed by atoms with E-state index >= 15 is 0 Å². The second kappa shape index (κ2) is 4.66. The summed E-state index contributed by atoms with van der Waals surface area (Å²) in [7, 11) is 2.06. The van der Waals surface area contributed by atoms with E-state index in [1.807, 2.05) is 6.92 Å². The predicted octanol–water partition coefficient (Wildman–Crippen LogP) is 3.70. The molecule has 0 spiro atoms. The molecular formula is C13H13N3S2. The first-order valence-electron chi connectivity index (χ1n) is 5.70. The predicted molar refractivity (Wildman–Crippen MR) is 78.6 cm³/mol. The van der Waals surface area contributed by atoms with Gasteiger partial charge in [-0.2, -0.15) is 4.37 Å². The largest absolute Gasteiger partial charge is 0.346 e. The van der Waals surface area contributed by atoms with Crippen LogP contribution in [0.4, 0.5) is 5.13 Å². The number of hydrogen-bond acceptors (Lipinski definition) is 5. The van der Waals surface area contributed by atoms with E-state index in [-0.39, 0.29) is 0 Å². The van der Waals surface area contributed by atoms with Gasteiger partial charge in [-0.05, 0) is 29.3 Å². The minimum atomic E-state index is 0.844. The molecule has 0 fully saturated rings. The summed E-state index contributed by atoms with van der Waals surface area (Å²) in [6.45, 7) is 2.80. The number of aryl methyl sites for hydroxylation is 1. The Labute approximate surface area is 114 Å². The topological polar surface area (TPSA) is 29.0 Å². The highest BCUT2D eigenvalue weighted by Gasteiger charge is 2.10. The van der Waals surface area contributed by atoms with Crippen molar-refractivity contribution in [3.8, 4) is 0 Å². The van der Waals surface area contributed by atoms with Gasteiger partial charge in [0.25, 0.3) is 0 Å². The molecule has 92 valence electrons. The van der Waals surface area contributed by atoms with Gasteiger partial charge in [-0.1, -0.05) is 18.2 Å². The molecular weight excluding hydrogens is 262 g/mol. The third kappa shape index (κ3) is 2.11. The highest BCUT2D eigenvalue weighted by atomic mass is 32.1. The van der Waals surface area contributed by atoms with Crippen LogP contribution in [0.1, 0.15) is 11.4 Å². The van der Waals surface area contributed by atoms with Gasteiger partial charge < -0.3 is 4.90 Å². The Morgan fingerprint density at radius 3 is 2.89 bits per heavy atom. The van der Waals surface area contributed by atoms with Crippen molar-refractivity contribution in [3.63, 3.8) is 0 Å². The van der Waals surface area contributed by atoms with E-state index in [4.69, 9.17) is 0 Å². The molecule has 0 radical (unpaired) electrons. The zero-order chi connectivity index (χ0) is 12.5. The summed E-state index contributed by atoms with van der Waals surface area (Å²) in [6, 6.07) is 8.52. The van der Waals surface area contributed by atoms with E-state index in [0.29, 0.717) is 0 Å². The highest BCUT2D eigenvalue weighted by molar-refractivity contribution is 7.17. The zero-order valence-electron chi connectivity index (χ0n) is 10.3. The van der Waals surface area contributed by atoms with Crippen molar-refractivity contribution < 1.29 is 0 Å². The van der Waals surface area contributed by atoms with Crippen LogP contribution in [0.25, 0.3) is 10.1 Å². The minimum absolute atomic E-state index is 0.844. The van der Waals surface area contributed by atoms with Crippen LogP contribution < -0.4 is 4.90 Å². The quantitative estimate of drug-likeness (QED) is 0.730. The number of anilines is 1. The fourth-order valence-corrected chi connectivity index (χ4v) is 3.50. The van der Waals surface area contributed by atoms with Gasteiger partial charge in [0, 0.05) is 29.8 Å². The second-order valence-electron chi connectivity index (χ2n) is 4.24. The lowest BCUT2D eigenvalue weighted by Gasteiger charge is -2.14. The van der Waals surface area contributed by atoms with Crippen LogP contribution in [0.2, 0.25) is 0 Å². The van der Waals surface area contributed by atoms with Crippen molar-refractivity contribution in [2.45, 2.75) is 13.5 Å². The Bertz CT molecular complexity index is 671. The molecule has 0 aliphatic rings. The summed E-state index contributed by atoms with van der Waals surface area (Å²) in [5.41, 5.74) is 1.35. The lowest BCUT2D eigenvalue weighted by molar-refractivity contribution is 0.918. The molecule has 1 aromatic carbocycles. The number of rotatable bonds is 3. The van der Waals surface area contributed by atoms with Gasteiger partial charge in [-0.3, -0.25) is 0 Å². The van der Waals surface area contributed by atoms with Crippen molar-refractivity contribution in [2.24, 2.45) is 0 Å². The number of aromatic nitrogens is 2. The zero-order valence-corrected chi connectivity index (χ0v) is 11.9. The fraction of sp³-hybridized carbons (Fsp3) is 0.231. The van der Waals surface area contributed by atoms with E-state index in [0.717, 1.165) is 17.5 Å². The molecule has 3 nitrogen and oxygen atoms in total. The van der Waals surface area contributed by atoms with Crippen LogP contribution in [0, 0.1) is 6.92 Å². The van der Waals surface area contributed by atoms with Crippen LogP contribution >= 0.6 is 22.9 Å². The third-order valence-electron chi connectivity index (χ3n) is 2.81. The average Bonchev–Trinajstić information content (AvgIpc) is 2.97. The summed E-state index contributed by atoms with van der Waals surface area (Å²) >= 11 is 3.25. The monoisotopic (exact) mass is 275 g/mol. The molecule has 2 heterocycles. The van der Waals surface area contributed by atoms with Gasteiger partial charge in [0.15, 0.2) is 0 Å². The van der Waals surface area contributed by atoms with E-state index in [9.17, 15) is 0 Å². The van der Waals surface area contributed by atoms with Crippen LogP contribution in [0.15, 0.2) is 29.6 Å². The van der Waals surface area contributed by atoms with Crippen molar-refractivity contribution in [1.29, 1.82) is 0 Å². The standard InChI is InChI=1S/C13H13N3S2/c1-9-14-13(18-15-9)16(2)7-10-8-17-12-6-4-3-5-11(10)12/h3-6,8H,7H2,1-2H3. The maximum Gasteiger partial charge on any atom is 0.205 e. The van der Waals surface area contributed by atoms with Crippen molar-refractivity contribution in [1.82, 2.24) is 9.36 Å². The van der Waals surface area contributed by atoms with Gasteiger partial charge >= 0.3 is 0 Å². The number of hydrogen-bond donors (Lipinski definition) is 0. The Hall–Kier alpha value is -1.46. The third-order valence-corrected chi connectivity index (χ3v) is 4.75. The molecule has 0 saturated heterocycles. The van der Waals surface area contributed by atoms with E-state index in [1.54, 1.807) is 11.3 Å². The van der Waals surface area contributed by atoms with Gasteiger partial charge in [-0.25, -0.2) is 4.98 Å². The second-order valence-corrected chi connectivity index (χ2v) is 5.88. The van der Waals surface area contributed by atoms with Gasteiger partial charge in [-0.15, -0.1) is 11.3 Å². The Morgan fingerprint density at radius 1 is 1.28 bits per heavy atom. The van der Waals surface area contributed by atoms with Crippen LogP contribution in [-0.2, 0) is 6.54 Å². The molecule has 0 saturated carbocycles. The first-order valence-corrected chi connectivity index (χ1v) is 7.36. The molecule has 5 heteroatoms. The fourth-order valence-electron chi connectivity index (χ4n) is 1.92. The van der Waals surface area contributed by atoms with E-state index in [1.165, 1.54) is 27.2 Å². The molecule has 0 aliphatic heterocycles. The average molecular weight is 275 g/mol. The Kier molecular flexibility index (Phi) is 3.01. The maximum atomic E-state index is 4.41. The SMILES string of the molecule is Cc1nsc(N(C)Cc2csc3ccccc23)n1. The number of thiophene rings is 1. The van der Waals surface area contributed by atoms with Crippen molar-refractivity contribution >= 4 is 38.1 Å². The molecule has 0 unspecified atom stereocenters. The van der Waals surface area contributed by atoms with Crippen LogP contribution in [-0.4, -0.2) is 16.4 Å². The van der Waals surface area contributed by atoms with Gasteiger partial charge in [0.1, 0.15) is 5.82 Å². The summed E-state index contributed by atoms with van der Waals surface area (Å²) in [6.07, 6.45) is 0. The normalized spacial score (nSPS) is 11.0. The molecule has 0 N–H and O–H groups in total. The lowest BCUT2D eigenvalue weighted by Crippen LogP contribution is -2.15. The summed E-state index contributed by atoms with van der Waals surface area (Å²) < 4.78 is 5.56. The Balaban J connectivity index is 1.88. The van der Waals surface area contributed by atoms with Crippen molar-refractivity contribution in [2.75, 3.05) is 11.9 Å². The molecule has 0 amide bonds. The molecule has 0 atom stereocenters. The van der Waals surface area contributed by atoms with E-state index < -0.39 is 0 Å². The van der Waals surface area contributed by atoms with Gasteiger partial charge in [0.2, 0.25) is 5.13 Å². The van der Waals surface area contributed by atoms with Crippen molar-refractivity contribution in [3.05, 3.63) is 41.0 Å². The molecule has 2 aromatic heterocycles. The summed E-state index contributed by atoms with van der Waals surface area (Å²) in [5, 5.41) is 4.55. The first kappa shape index (κ1) is 11.6. The summed E-state index contributed by atoms with van der Waals surface area (Å²) in [4.78, 5) is 6.56. The van der Waals surface area contributed by atoms with E-state index in [2.05, 4.69) is 51.0 Å². The lowest BCUT2D eigenvalue weighted by atomic mass is 10.2. The smallest absolute Gasteiger partial charge is 0.205 e. The van der Waals surface area contributed by atoms with Gasteiger partial charge in [0.05, 0.1) is 0 Å². The molecule has 0 bridgehead atoms. The minimum Gasteiger partial charge on any atom is -0.346 e. The van der Waals surface area contributed by atoms with Crippen LogP contribution in [0.5, 0.6) is 0 Å².